The number of nitrogens with one attached hydrogen (secondary N) is 1. The average molecular weight is 395 g/mol. The van der Waals surface area contributed by atoms with Gasteiger partial charge < -0.3 is 15.0 Å². The average Bonchev–Trinajstić information content (AvgIpc) is 3.60. The fourth-order valence-electron chi connectivity index (χ4n) is 4.50. The molecule has 154 valence electrons. The van der Waals surface area contributed by atoms with E-state index in [1.807, 2.05) is 36.4 Å². The van der Waals surface area contributed by atoms with E-state index in [0.29, 0.717) is 12.5 Å². The van der Waals surface area contributed by atoms with E-state index >= 15 is 0 Å². The van der Waals surface area contributed by atoms with Crippen molar-refractivity contribution in [3.05, 3.63) is 36.4 Å². The minimum absolute atomic E-state index is 0.0220. The first kappa shape index (κ1) is 19.7. The highest BCUT2D eigenvalue weighted by molar-refractivity contribution is 6.08. The Hall–Kier alpha value is -2.56. The highest BCUT2D eigenvalue weighted by atomic mass is 16.5. The zero-order chi connectivity index (χ0) is 20.8. The fourth-order valence-corrected chi connectivity index (χ4v) is 4.50. The number of amides is 2. The van der Waals surface area contributed by atoms with E-state index in [1.54, 1.807) is 19.0 Å². The van der Waals surface area contributed by atoms with Crippen LogP contribution in [-0.2, 0) is 9.59 Å². The van der Waals surface area contributed by atoms with Crippen molar-refractivity contribution >= 4 is 28.3 Å². The molecular formula is C24H30N2O3. The first-order chi connectivity index (χ1) is 13.8. The van der Waals surface area contributed by atoms with Gasteiger partial charge in [0.2, 0.25) is 11.8 Å². The van der Waals surface area contributed by atoms with Crippen molar-refractivity contribution in [2.75, 3.05) is 26.0 Å². The second kappa shape index (κ2) is 7.05. The standard InChI is InChI=1S/C24H30N2O3/c1-16(2)15-29-20-10-9-19(17-7-5-6-8-18(17)20)25-21(27)23(11-12-23)24(13-14-24)22(28)26(3)4/h5-10,16H,11-15H2,1-4H3,(H,25,27). The summed E-state index contributed by atoms with van der Waals surface area (Å²) in [7, 11) is 3.56. The van der Waals surface area contributed by atoms with E-state index in [1.165, 1.54) is 0 Å². The fraction of sp³-hybridized carbons (Fsp3) is 0.500. The van der Waals surface area contributed by atoms with Crippen LogP contribution in [0.3, 0.4) is 0 Å². The molecule has 0 saturated heterocycles. The number of benzene rings is 2. The molecular weight excluding hydrogens is 364 g/mol. The molecule has 29 heavy (non-hydrogen) atoms. The maximum absolute atomic E-state index is 13.3. The molecule has 4 rings (SSSR count). The molecule has 0 radical (unpaired) electrons. The minimum Gasteiger partial charge on any atom is -0.493 e. The molecule has 1 N–H and O–H groups in total. The molecule has 0 atom stereocenters. The van der Waals surface area contributed by atoms with Gasteiger partial charge in [-0.25, -0.2) is 0 Å². The molecule has 5 nitrogen and oxygen atoms in total. The van der Waals surface area contributed by atoms with Crippen LogP contribution in [-0.4, -0.2) is 37.4 Å². The summed E-state index contributed by atoms with van der Waals surface area (Å²) in [6.07, 6.45) is 3.18. The van der Waals surface area contributed by atoms with Crippen LogP contribution >= 0.6 is 0 Å². The number of carbonyl (C=O) groups is 2. The third-order valence-electron chi connectivity index (χ3n) is 6.37. The molecule has 0 heterocycles. The zero-order valence-electron chi connectivity index (χ0n) is 17.7. The number of nitrogens with zero attached hydrogens (tertiary/aromatic N) is 1. The van der Waals surface area contributed by atoms with Gasteiger partial charge in [0.15, 0.2) is 0 Å². The molecule has 0 aromatic heterocycles. The van der Waals surface area contributed by atoms with Crippen molar-refractivity contribution in [3.63, 3.8) is 0 Å². The van der Waals surface area contributed by atoms with Gasteiger partial charge in [-0.1, -0.05) is 38.1 Å². The Kier molecular flexibility index (Phi) is 4.80. The van der Waals surface area contributed by atoms with Crippen LogP contribution in [0.5, 0.6) is 5.75 Å². The number of hydrogen-bond acceptors (Lipinski definition) is 3. The summed E-state index contributed by atoms with van der Waals surface area (Å²) in [6.45, 7) is 4.89. The summed E-state index contributed by atoms with van der Waals surface area (Å²) < 4.78 is 5.98. The van der Waals surface area contributed by atoms with E-state index in [-0.39, 0.29) is 11.8 Å². The number of hydrogen-bond donors (Lipinski definition) is 1. The van der Waals surface area contributed by atoms with E-state index in [4.69, 9.17) is 4.74 Å². The van der Waals surface area contributed by atoms with Crippen molar-refractivity contribution in [2.45, 2.75) is 39.5 Å². The predicted molar refractivity (Wildman–Crippen MR) is 115 cm³/mol. The molecule has 0 bridgehead atoms. The van der Waals surface area contributed by atoms with E-state index < -0.39 is 10.8 Å². The number of anilines is 1. The highest BCUT2D eigenvalue weighted by Crippen LogP contribution is 2.71. The topological polar surface area (TPSA) is 58.6 Å². The largest absolute Gasteiger partial charge is 0.493 e. The first-order valence-electron chi connectivity index (χ1n) is 10.5. The lowest BCUT2D eigenvalue weighted by atomic mass is 9.83. The van der Waals surface area contributed by atoms with Crippen molar-refractivity contribution in [1.82, 2.24) is 4.90 Å². The van der Waals surface area contributed by atoms with Crippen molar-refractivity contribution < 1.29 is 14.3 Å². The summed E-state index contributed by atoms with van der Waals surface area (Å²) in [6, 6.07) is 11.8. The monoisotopic (exact) mass is 394 g/mol. The van der Waals surface area contributed by atoms with Crippen LogP contribution in [0.2, 0.25) is 0 Å². The van der Waals surface area contributed by atoms with Gasteiger partial charge in [0.1, 0.15) is 5.75 Å². The second-order valence-electron chi connectivity index (χ2n) is 9.18. The molecule has 0 aliphatic heterocycles. The quantitative estimate of drug-likeness (QED) is 0.754. The van der Waals surface area contributed by atoms with E-state index in [2.05, 4.69) is 19.2 Å². The number of rotatable bonds is 7. The summed E-state index contributed by atoms with van der Waals surface area (Å²) in [4.78, 5) is 27.8. The molecule has 0 spiro atoms. The Morgan fingerprint density at radius 3 is 2.17 bits per heavy atom. The van der Waals surface area contributed by atoms with Crippen LogP contribution in [0.15, 0.2) is 36.4 Å². The van der Waals surface area contributed by atoms with Crippen LogP contribution in [0.25, 0.3) is 10.8 Å². The van der Waals surface area contributed by atoms with Crippen molar-refractivity contribution in [3.8, 4) is 5.75 Å². The van der Waals surface area contributed by atoms with Gasteiger partial charge in [-0.2, -0.15) is 0 Å². The van der Waals surface area contributed by atoms with Gasteiger partial charge in [-0.3, -0.25) is 9.59 Å². The Balaban J connectivity index is 1.61. The third kappa shape index (κ3) is 3.26. The number of carbonyl (C=O) groups excluding carboxylic acids is 2. The molecule has 2 aliphatic rings. The van der Waals surface area contributed by atoms with Gasteiger partial charge in [-0.15, -0.1) is 0 Å². The molecule has 2 amide bonds. The third-order valence-corrected chi connectivity index (χ3v) is 6.37. The van der Waals surface area contributed by atoms with Crippen LogP contribution < -0.4 is 10.1 Å². The minimum atomic E-state index is -0.553. The summed E-state index contributed by atoms with van der Waals surface area (Å²) >= 11 is 0. The van der Waals surface area contributed by atoms with Crippen LogP contribution in [0, 0.1) is 16.7 Å². The lowest BCUT2D eigenvalue weighted by Crippen LogP contribution is -2.42. The molecule has 2 aromatic rings. The number of fused-ring (bicyclic) bond motifs is 1. The molecule has 0 unspecified atom stereocenters. The smallest absolute Gasteiger partial charge is 0.231 e. The van der Waals surface area contributed by atoms with E-state index in [9.17, 15) is 9.59 Å². The molecule has 2 saturated carbocycles. The normalized spacial score (nSPS) is 18.4. The van der Waals surface area contributed by atoms with E-state index in [0.717, 1.165) is 47.9 Å². The van der Waals surface area contributed by atoms with Crippen LogP contribution in [0.1, 0.15) is 39.5 Å². The molecule has 2 aliphatic carbocycles. The van der Waals surface area contributed by atoms with Crippen molar-refractivity contribution in [1.29, 1.82) is 0 Å². The van der Waals surface area contributed by atoms with Gasteiger partial charge >= 0.3 is 0 Å². The van der Waals surface area contributed by atoms with Gasteiger partial charge in [0.25, 0.3) is 0 Å². The Bertz CT molecular complexity index is 956. The zero-order valence-corrected chi connectivity index (χ0v) is 17.7. The van der Waals surface area contributed by atoms with Crippen molar-refractivity contribution in [2.24, 2.45) is 16.7 Å². The SMILES string of the molecule is CC(C)COc1ccc(NC(=O)C2(C3(C(=O)N(C)C)CC3)CC2)c2ccccc12. The lowest BCUT2D eigenvalue weighted by molar-refractivity contribution is -0.141. The van der Waals surface area contributed by atoms with Gasteiger partial charge in [0.05, 0.1) is 17.4 Å². The molecule has 2 aromatic carbocycles. The second-order valence-corrected chi connectivity index (χ2v) is 9.18. The molecule has 5 heteroatoms. The van der Waals surface area contributed by atoms with Gasteiger partial charge in [0, 0.05) is 30.6 Å². The number of ether oxygens (including phenoxy) is 1. The summed E-state index contributed by atoms with van der Waals surface area (Å²) in [5, 5.41) is 5.10. The Labute approximate surface area is 172 Å². The Morgan fingerprint density at radius 2 is 1.62 bits per heavy atom. The maximum atomic E-state index is 13.3. The first-order valence-corrected chi connectivity index (χ1v) is 10.5. The predicted octanol–water partition coefficient (Wildman–Crippen LogP) is 4.46. The summed E-state index contributed by atoms with van der Waals surface area (Å²) in [5.41, 5.74) is -0.277. The lowest BCUT2D eigenvalue weighted by Gasteiger charge is -2.28. The maximum Gasteiger partial charge on any atom is 0.231 e. The van der Waals surface area contributed by atoms with Gasteiger partial charge in [-0.05, 0) is 43.7 Å². The Morgan fingerprint density at radius 1 is 1.00 bits per heavy atom. The summed E-state index contributed by atoms with van der Waals surface area (Å²) in [5.74, 6) is 1.33. The molecule has 2 fully saturated rings. The van der Waals surface area contributed by atoms with Crippen LogP contribution in [0.4, 0.5) is 5.69 Å². The highest BCUT2D eigenvalue weighted by Gasteiger charge is 2.73.